The quantitative estimate of drug-likeness (QED) is 0.535. The lowest BCUT2D eigenvalue weighted by molar-refractivity contribution is -0.122. The summed E-state index contributed by atoms with van der Waals surface area (Å²) in [5.74, 6) is 0.968. The first kappa shape index (κ1) is 7.75. The number of aryl methyl sites for hydroxylation is 1. The molecule has 1 N–H and O–H groups in total. The molecule has 0 spiro atoms. The molecular formula is C6H8O3. The first-order valence-corrected chi connectivity index (χ1v) is 2.39. The summed E-state index contributed by atoms with van der Waals surface area (Å²) >= 11 is 0. The van der Waals surface area contributed by atoms with E-state index >= 15 is 0 Å². The van der Waals surface area contributed by atoms with Gasteiger partial charge in [0, 0.05) is 0 Å². The molecule has 0 aliphatic carbocycles. The van der Waals surface area contributed by atoms with Crippen LogP contribution in [0.15, 0.2) is 22.8 Å². The van der Waals surface area contributed by atoms with Crippen LogP contribution in [0.25, 0.3) is 0 Å². The fourth-order valence-corrected chi connectivity index (χ4v) is 0.361. The summed E-state index contributed by atoms with van der Waals surface area (Å²) in [5.41, 5.74) is 0. The predicted octanol–water partition coefficient (Wildman–Crippen LogP) is 1.29. The van der Waals surface area contributed by atoms with Gasteiger partial charge in [0.2, 0.25) is 0 Å². The van der Waals surface area contributed by atoms with Crippen LogP contribution in [-0.4, -0.2) is 11.6 Å². The van der Waals surface area contributed by atoms with E-state index in [4.69, 9.17) is 14.3 Å². The topological polar surface area (TPSA) is 50.4 Å². The summed E-state index contributed by atoms with van der Waals surface area (Å²) in [6.07, 6.45) is 1.66. The van der Waals surface area contributed by atoms with Gasteiger partial charge in [0.15, 0.2) is 0 Å². The zero-order chi connectivity index (χ0) is 7.11. The van der Waals surface area contributed by atoms with Crippen molar-refractivity contribution < 1.29 is 14.3 Å². The van der Waals surface area contributed by atoms with Gasteiger partial charge in [-0.3, -0.25) is 4.79 Å². The van der Waals surface area contributed by atoms with Crippen molar-refractivity contribution in [2.24, 2.45) is 0 Å². The highest BCUT2D eigenvalue weighted by Gasteiger charge is 1.75. The predicted molar refractivity (Wildman–Crippen MR) is 32.1 cm³/mol. The number of carbonyl (C=O) groups is 1. The van der Waals surface area contributed by atoms with Crippen LogP contribution in [0.5, 0.6) is 0 Å². The Balaban J connectivity index is 0.000000187. The number of rotatable bonds is 0. The second-order valence-corrected chi connectivity index (χ2v) is 1.33. The first-order valence-electron chi connectivity index (χ1n) is 2.39. The second-order valence-electron chi connectivity index (χ2n) is 1.33. The highest BCUT2D eigenvalue weighted by Crippen LogP contribution is 1.93. The van der Waals surface area contributed by atoms with Gasteiger partial charge in [0.25, 0.3) is 6.47 Å². The lowest BCUT2D eigenvalue weighted by Gasteiger charge is -1.69. The maximum absolute atomic E-state index is 8.36. The highest BCUT2D eigenvalue weighted by molar-refractivity contribution is 5.32. The summed E-state index contributed by atoms with van der Waals surface area (Å²) in [5, 5.41) is 6.89. The smallest absolute Gasteiger partial charge is 0.290 e. The van der Waals surface area contributed by atoms with Crippen LogP contribution in [-0.2, 0) is 4.79 Å². The van der Waals surface area contributed by atoms with Crippen molar-refractivity contribution >= 4 is 6.47 Å². The van der Waals surface area contributed by atoms with Crippen molar-refractivity contribution in [2.75, 3.05) is 0 Å². The summed E-state index contributed by atoms with van der Waals surface area (Å²) in [4.78, 5) is 8.36. The molecule has 0 atom stereocenters. The van der Waals surface area contributed by atoms with Crippen molar-refractivity contribution in [1.82, 2.24) is 0 Å². The standard InChI is InChI=1S/C5H6O.CH2O2/c1-5-3-2-4-6-5;2-1-3/h2-4H,1H3;1H,(H,2,3). The summed E-state index contributed by atoms with van der Waals surface area (Å²) in [6.45, 7) is 1.67. The maximum Gasteiger partial charge on any atom is 0.290 e. The monoisotopic (exact) mass is 128 g/mol. The largest absolute Gasteiger partial charge is 0.483 e. The summed E-state index contributed by atoms with van der Waals surface area (Å²) < 4.78 is 4.83. The van der Waals surface area contributed by atoms with Crippen LogP contribution < -0.4 is 0 Å². The summed E-state index contributed by atoms with van der Waals surface area (Å²) in [6, 6.07) is 3.79. The Kier molecular flexibility index (Phi) is 4.22. The summed E-state index contributed by atoms with van der Waals surface area (Å²) in [7, 11) is 0. The molecule has 0 bridgehead atoms. The first-order chi connectivity index (χ1) is 4.31. The van der Waals surface area contributed by atoms with Crippen molar-refractivity contribution in [3.63, 3.8) is 0 Å². The van der Waals surface area contributed by atoms with Gasteiger partial charge in [-0.15, -0.1) is 0 Å². The minimum absolute atomic E-state index is 0.250. The van der Waals surface area contributed by atoms with Crippen molar-refractivity contribution in [3.8, 4) is 0 Å². The van der Waals surface area contributed by atoms with Gasteiger partial charge in [-0.05, 0) is 19.1 Å². The van der Waals surface area contributed by atoms with Gasteiger partial charge >= 0.3 is 0 Å². The Morgan fingerprint density at radius 2 is 2.33 bits per heavy atom. The minimum atomic E-state index is -0.250. The van der Waals surface area contributed by atoms with Crippen LogP contribution >= 0.6 is 0 Å². The molecule has 0 aliphatic heterocycles. The molecule has 0 saturated carbocycles. The minimum Gasteiger partial charge on any atom is -0.483 e. The normalized spacial score (nSPS) is 7.22. The third kappa shape index (κ3) is 4.61. The SMILES string of the molecule is Cc1ccco1.O=CO. The van der Waals surface area contributed by atoms with Crippen LogP contribution in [0, 0.1) is 6.92 Å². The molecule has 9 heavy (non-hydrogen) atoms. The van der Waals surface area contributed by atoms with E-state index in [1.165, 1.54) is 0 Å². The van der Waals surface area contributed by atoms with Gasteiger partial charge in [-0.1, -0.05) is 0 Å². The molecule has 1 rings (SSSR count). The highest BCUT2D eigenvalue weighted by atomic mass is 16.3. The van der Waals surface area contributed by atoms with Crippen LogP contribution in [0.4, 0.5) is 0 Å². The van der Waals surface area contributed by atoms with Crippen LogP contribution in [0.3, 0.4) is 0 Å². The van der Waals surface area contributed by atoms with E-state index in [0.29, 0.717) is 0 Å². The van der Waals surface area contributed by atoms with Gasteiger partial charge in [0.05, 0.1) is 6.26 Å². The van der Waals surface area contributed by atoms with E-state index in [1.807, 2.05) is 19.1 Å². The van der Waals surface area contributed by atoms with E-state index < -0.39 is 0 Å². The van der Waals surface area contributed by atoms with Crippen molar-refractivity contribution in [2.45, 2.75) is 6.92 Å². The molecule has 50 valence electrons. The lowest BCUT2D eigenvalue weighted by Crippen LogP contribution is -1.49. The molecule has 1 heterocycles. The number of hydrogen-bond donors (Lipinski definition) is 1. The molecule has 1 aromatic heterocycles. The van der Waals surface area contributed by atoms with E-state index in [-0.39, 0.29) is 6.47 Å². The maximum atomic E-state index is 8.36. The average molecular weight is 128 g/mol. The second kappa shape index (κ2) is 4.90. The molecule has 0 unspecified atom stereocenters. The van der Waals surface area contributed by atoms with Gasteiger partial charge < -0.3 is 9.52 Å². The lowest BCUT2D eigenvalue weighted by atomic mass is 10.5. The Morgan fingerprint density at radius 1 is 1.78 bits per heavy atom. The van der Waals surface area contributed by atoms with E-state index in [0.717, 1.165) is 5.76 Å². The molecule has 0 fully saturated rings. The Hall–Kier alpha value is -1.25. The molecule has 0 aromatic carbocycles. The fraction of sp³-hybridized carbons (Fsp3) is 0.167. The molecule has 1 aromatic rings. The fourth-order valence-electron chi connectivity index (χ4n) is 0.361. The number of furan rings is 1. The molecule has 0 radical (unpaired) electrons. The molecular weight excluding hydrogens is 120 g/mol. The zero-order valence-electron chi connectivity index (χ0n) is 5.07. The molecule has 3 heteroatoms. The van der Waals surface area contributed by atoms with Gasteiger partial charge in [-0.2, -0.15) is 0 Å². The molecule has 0 amide bonds. The van der Waals surface area contributed by atoms with Gasteiger partial charge in [-0.25, -0.2) is 0 Å². The van der Waals surface area contributed by atoms with Crippen molar-refractivity contribution in [3.05, 3.63) is 24.2 Å². The van der Waals surface area contributed by atoms with Crippen LogP contribution in [0.2, 0.25) is 0 Å². The molecule has 0 aliphatic rings. The zero-order valence-corrected chi connectivity index (χ0v) is 5.07. The van der Waals surface area contributed by atoms with E-state index in [9.17, 15) is 0 Å². The van der Waals surface area contributed by atoms with Gasteiger partial charge in [0.1, 0.15) is 5.76 Å². The number of carboxylic acid groups (broad SMARTS) is 1. The van der Waals surface area contributed by atoms with Crippen molar-refractivity contribution in [1.29, 1.82) is 0 Å². The van der Waals surface area contributed by atoms with E-state index in [2.05, 4.69) is 0 Å². The third-order valence-corrected chi connectivity index (χ3v) is 0.663. The Morgan fingerprint density at radius 3 is 2.44 bits per heavy atom. The van der Waals surface area contributed by atoms with Crippen LogP contribution in [0.1, 0.15) is 5.76 Å². The number of hydrogen-bond acceptors (Lipinski definition) is 2. The third-order valence-electron chi connectivity index (χ3n) is 0.663. The molecule has 3 nitrogen and oxygen atoms in total. The average Bonchev–Trinajstić information content (AvgIpc) is 2.20. The Labute approximate surface area is 52.9 Å². The van der Waals surface area contributed by atoms with E-state index in [1.54, 1.807) is 6.26 Å². The molecule has 0 saturated heterocycles. The Bertz CT molecular complexity index is 143.